The van der Waals surface area contributed by atoms with Crippen molar-refractivity contribution in [2.75, 3.05) is 29.9 Å². The number of nitrogens with zero attached hydrogens (tertiary/aromatic N) is 1. The second-order valence-corrected chi connectivity index (χ2v) is 6.66. The lowest BCUT2D eigenvalue weighted by Crippen LogP contribution is -2.47. The minimum atomic E-state index is -2.01. The van der Waals surface area contributed by atoms with Crippen molar-refractivity contribution in [2.45, 2.75) is 25.4 Å². The van der Waals surface area contributed by atoms with Gasteiger partial charge in [-0.2, -0.15) is 0 Å². The number of amides is 2. The maximum atomic E-state index is 12.0. The number of hydrogen-bond donors (Lipinski definition) is 4. The number of rotatable bonds is 5. The molecule has 0 radical (unpaired) electrons. The van der Waals surface area contributed by atoms with Gasteiger partial charge in [-0.1, -0.05) is 15.9 Å². The second kappa shape index (κ2) is 7.18. The highest BCUT2D eigenvalue weighted by atomic mass is 79.9. The van der Waals surface area contributed by atoms with E-state index in [0.717, 1.165) is 43.0 Å². The van der Waals surface area contributed by atoms with Crippen LogP contribution in [0, 0.1) is 0 Å². The summed E-state index contributed by atoms with van der Waals surface area (Å²) in [4.78, 5) is 25.0. The normalized spacial score (nSPS) is 16.7. The molecule has 2 rings (SSSR count). The van der Waals surface area contributed by atoms with Crippen LogP contribution in [0.3, 0.4) is 0 Å². The van der Waals surface area contributed by atoms with Crippen LogP contribution in [-0.4, -0.2) is 47.4 Å². The van der Waals surface area contributed by atoms with Crippen molar-refractivity contribution in [3.05, 3.63) is 22.7 Å². The maximum absolute atomic E-state index is 12.0. The molecule has 1 aliphatic rings. The molecule has 1 unspecified atom stereocenters. The first kappa shape index (κ1) is 17.6. The number of nitrogens with one attached hydrogen (secondary N) is 2. The van der Waals surface area contributed by atoms with Gasteiger partial charge in [-0.05, 0) is 38.0 Å². The summed E-state index contributed by atoms with van der Waals surface area (Å²) in [5.41, 5.74) is -0.452. The smallest absolute Gasteiger partial charge is 0.337 e. The van der Waals surface area contributed by atoms with Crippen molar-refractivity contribution < 1.29 is 19.8 Å². The number of aliphatic carboxylic acids is 1. The summed E-state index contributed by atoms with van der Waals surface area (Å²) >= 11 is 3.38. The molecule has 0 bridgehead atoms. The number of halogens is 1. The zero-order valence-electron chi connectivity index (χ0n) is 12.8. The van der Waals surface area contributed by atoms with Gasteiger partial charge in [0.25, 0.3) is 0 Å². The molecule has 1 fully saturated rings. The molecular formula is C15H20BrN3O4. The summed E-state index contributed by atoms with van der Waals surface area (Å²) in [7, 11) is 0. The summed E-state index contributed by atoms with van der Waals surface area (Å²) in [5, 5.41) is 23.5. The van der Waals surface area contributed by atoms with Crippen LogP contribution in [0.2, 0.25) is 0 Å². The quantitative estimate of drug-likeness (QED) is 0.620. The molecule has 8 heteroatoms. The highest BCUT2D eigenvalue weighted by Crippen LogP contribution is 2.31. The van der Waals surface area contributed by atoms with Gasteiger partial charge in [-0.25, -0.2) is 9.59 Å². The third-order valence-corrected chi connectivity index (χ3v) is 4.20. The zero-order chi connectivity index (χ0) is 17.0. The highest BCUT2D eigenvalue weighted by Gasteiger charge is 2.30. The average Bonchev–Trinajstić information content (AvgIpc) is 2.99. The van der Waals surface area contributed by atoms with E-state index < -0.39 is 17.6 Å². The van der Waals surface area contributed by atoms with E-state index in [-0.39, 0.29) is 6.54 Å². The largest absolute Gasteiger partial charge is 0.479 e. The molecule has 1 heterocycles. The Morgan fingerprint density at radius 3 is 2.61 bits per heavy atom. The van der Waals surface area contributed by atoms with Crippen LogP contribution >= 0.6 is 15.9 Å². The Balaban J connectivity index is 2.05. The predicted molar refractivity (Wildman–Crippen MR) is 90.9 cm³/mol. The van der Waals surface area contributed by atoms with E-state index in [0.29, 0.717) is 5.69 Å². The van der Waals surface area contributed by atoms with E-state index in [1.807, 2.05) is 12.1 Å². The number of urea groups is 1. The van der Waals surface area contributed by atoms with Crippen molar-refractivity contribution in [2.24, 2.45) is 0 Å². The van der Waals surface area contributed by atoms with Gasteiger partial charge in [0.1, 0.15) is 0 Å². The molecule has 7 nitrogen and oxygen atoms in total. The first-order chi connectivity index (χ1) is 10.8. The van der Waals surface area contributed by atoms with Gasteiger partial charge < -0.3 is 25.7 Å². The fraction of sp³-hybridized carbons (Fsp3) is 0.467. The lowest BCUT2D eigenvalue weighted by molar-refractivity contribution is -0.155. The predicted octanol–water partition coefficient (Wildman–Crippen LogP) is 2.01. The summed E-state index contributed by atoms with van der Waals surface area (Å²) in [5.74, 6) is -1.39. The molecular weight excluding hydrogens is 366 g/mol. The van der Waals surface area contributed by atoms with Crippen LogP contribution in [0.1, 0.15) is 19.8 Å². The van der Waals surface area contributed by atoms with E-state index >= 15 is 0 Å². The fourth-order valence-corrected chi connectivity index (χ4v) is 2.70. The maximum Gasteiger partial charge on any atom is 0.337 e. The standard InChI is InChI=1S/C15H20BrN3O4/c1-15(23,13(20)21)9-17-14(22)18-11-8-10(16)4-5-12(11)19-6-2-3-7-19/h4-5,8,23H,2-3,6-7,9H2,1H3,(H,20,21)(H2,17,18,22). The lowest BCUT2D eigenvalue weighted by atomic mass is 10.1. The summed E-state index contributed by atoms with van der Waals surface area (Å²) in [6.45, 7) is 2.61. The Labute approximate surface area is 142 Å². The highest BCUT2D eigenvalue weighted by molar-refractivity contribution is 9.10. The summed E-state index contributed by atoms with van der Waals surface area (Å²) < 4.78 is 0.827. The number of carbonyl (C=O) groups excluding carboxylic acids is 1. The summed E-state index contributed by atoms with van der Waals surface area (Å²) in [6, 6.07) is 5.07. The Morgan fingerprint density at radius 2 is 2.00 bits per heavy atom. The van der Waals surface area contributed by atoms with Crippen molar-refractivity contribution in [1.29, 1.82) is 0 Å². The van der Waals surface area contributed by atoms with Crippen LogP contribution < -0.4 is 15.5 Å². The number of anilines is 2. The third-order valence-electron chi connectivity index (χ3n) is 3.71. The number of carboxylic acids is 1. The Kier molecular flexibility index (Phi) is 5.48. The number of benzene rings is 1. The van der Waals surface area contributed by atoms with Crippen molar-refractivity contribution >= 4 is 39.3 Å². The van der Waals surface area contributed by atoms with Crippen LogP contribution in [0.15, 0.2) is 22.7 Å². The zero-order valence-corrected chi connectivity index (χ0v) is 14.4. The number of aliphatic hydroxyl groups is 1. The minimum absolute atomic E-state index is 0.388. The van der Waals surface area contributed by atoms with Gasteiger partial charge in [-0.3, -0.25) is 0 Å². The molecule has 0 spiro atoms. The molecule has 4 N–H and O–H groups in total. The molecule has 0 aliphatic carbocycles. The van der Waals surface area contributed by atoms with E-state index in [4.69, 9.17) is 5.11 Å². The van der Waals surface area contributed by atoms with Gasteiger partial charge >= 0.3 is 12.0 Å². The average molecular weight is 386 g/mol. The van der Waals surface area contributed by atoms with E-state index in [1.165, 1.54) is 0 Å². The van der Waals surface area contributed by atoms with Crippen LogP contribution in [0.4, 0.5) is 16.2 Å². The van der Waals surface area contributed by atoms with Crippen molar-refractivity contribution in [3.63, 3.8) is 0 Å². The van der Waals surface area contributed by atoms with Gasteiger partial charge in [-0.15, -0.1) is 0 Å². The molecule has 126 valence electrons. The molecule has 1 saturated heterocycles. The van der Waals surface area contributed by atoms with E-state index in [2.05, 4.69) is 31.5 Å². The first-order valence-electron chi connectivity index (χ1n) is 7.35. The second-order valence-electron chi connectivity index (χ2n) is 5.74. The van der Waals surface area contributed by atoms with E-state index in [9.17, 15) is 14.7 Å². The minimum Gasteiger partial charge on any atom is -0.479 e. The van der Waals surface area contributed by atoms with Gasteiger partial charge in [0.15, 0.2) is 5.60 Å². The molecule has 23 heavy (non-hydrogen) atoms. The van der Waals surface area contributed by atoms with Crippen LogP contribution in [0.25, 0.3) is 0 Å². The molecule has 1 aliphatic heterocycles. The lowest BCUT2D eigenvalue weighted by Gasteiger charge is -2.23. The topological polar surface area (TPSA) is 102 Å². The van der Waals surface area contributed by atoms with Crippen molar-refractivity contribution in [3.8, 4) is 0 Å². The molecule has 1 aromatic rings. The Hall–Kier alpha value is -1.80. The molecule has 0 aromatic heterocycles. The number of carboxylic acid groups (broad SMARTS) is 1. The third kappa shape index (κ3) is 4.59. The van der Waals surface area contributed by atoms with Crippen LogP contribution in [0.5, 0.6) is 0 Å². The van der Waals surface area contributed by atoms with Crippen molar-refractivity contribution in [1.82, 2.24) is 5.32 Å². The Morgan fingerprint density at radius 1 is 1.35 bits per heavy atom. The monoisotopic (exact) mass is 385 g/mol. The SMILES string of the molecule is CC(O)(CNC(=O)Nc1cc(Br)ccc1N1CCCC1)C(=O)O. The molecule has 1 atom stereocenters. The first-order valence-corrected chi connectivity index (χ1v) is 8.14. The van der Waals surface area contributed by atoms with Gasteiger partial charge in [0.2, 0.25) is 0 Å². The number of hydrogen-bond acceptors (Lipinski definition) is 4. The van der Waals surface area contributed by atoms with Gasteiger partial charge in [0.05, 0.1) is 17.9 Å². The van der Waals surface area contributed by atoms with Gasteiger partial charge in [0, 0.05) is 17.6 Å². The molecule has 2 amide bonds. The number of carbonyl (C=O) groups is 2. The Bertz CT molecular complexity index is 600. The molecule has 0 saturated carbocycles. The van der Waals surface area contributed by atoms with E-state index in [1.54, 1.807) is 6.07 Å². The molecule has 1 aromatic carbocycles. The summed E-state index contributed by atoms with van der Waals surface area (Å²) in [6.07, 6.45) is 2.23. The fourth-order valence-electron chi connectivity index (χ4n) is 2.34. The van der Waals surface area contributed by atoms with Crippen LogP contribution in [-0.2, 0) is 4.79 Å².